The number of hydrogen-bond acceptors (Lipinski definition) is 2. The van der Waals surface area contributed by atoms with Crippen molar-refractivity contribution >= 4 is 15.7 Å². The number of hydrogen-bond donors (Lipinski definition) is 1. The van der Waals surface area contributed by atoms with E-state index < -0.39 is 10.0 Å². The second-order valence-corrected chi connectivity index (χ2v) is 10.2. The smallest absolute Gasteiger partial charge is 0.162 e. The van der Waals surface area contributed by atoms with Gasteiger partial charge in [0.25, 0.3) is 0 Å². The van der Waals surface area contributed by atoms with Crippen LogP contribution in [0.1, 0.15) is 39.8 Å². The quantitative estimate of drug-likeness (QED) is 0.814. The first-order valence-electron chi connectivity index (χ1n) is 7.70. The molecule has 22 heavy (non-hydrogen) atoms. The van der Waals surface area contributed by atoms with Gasteiger partial charge in [0.1, 0.15) is 5.70 Å². The van der Waals surface area contributed by atoms with Gasteiger partial charge >= 0.3 is 0 Å². The molecule has 1 N–H and O–H groups in total. The normalized spacial score (nSPS) is 19.9. The molecule has 2 heterocycles. The Bertz CT molecular complexity index is 587. The molecule has 0 saturated carbocycles. The molecule has 5 heteroatoms. The van der Waals surface area contributed by atoms with Crippen molar-refractivity contribution in [3.05, 3.63) is 34.0 Å². The predicted molar refractivity (Wildman–Crippen MR) is 93.6 cm³/mol. The zero-order chi connectivity index (χ0) is 15.8. The van der Waals surface area contributed by atoms with Crippen LogP contribution in [0.5, 0.6) is 0 Å². The van der Waals surface area contributed by atoms with Gasteiger partial charge in [-0.2, -0.15) is 15.1 Å². The van der Waals surface area contributed by atoms with Crippen LogP contribution < -0.4 is 0 Å². The SMILES string of the molecule is CCC(C)C1=CC(n2nccc2CC(C)C)=C(O)S1(C)C.[Co]. The Balaban J connectivity index is 0.00000242. The second-order valence-electron chi connectivity index (χ2n) is 6.71. The maximum Gasteiger partial charge on any atom is 0.162 e. The van der Waals surface area contributed by atoms with Crippen molar-refractivity contribution in [2.24, 2.45) is 11.8 Å². The van der Waals surface area contributed by atoms with Crippen LogP contribution in [0, 0.1) is 11.8 Å². The van der Waals surface area contributed by atoms with E-state index in [-0.39, 0.29) is 16.8 Å². The van der Waals surface area contributed by atoms with E-state index in [1.807, 2.05) is 10.9 Å². The molecule has 1 unspecified atom stereocenters. The summed E-state index contributed by atoms with van der Waals surface area (Å²) in [6.45, 7) is 8.86. The van der Waals surface area contributed by atoms with Crippen LogP contribution in [-0.4, -0.2) is 27.4 Å². The van der Waals surface area contributed by atoms with E-state index in [1.54, 1.807) is 0 Å². The molecule has 0 spiro atoms. The molecule has 1 aromatic rings. The second kappa shape index (κ2) is 7.28. The summed E-state index contributed by atoms with van der Waals surface area (Å²) in [6.07, 6.45) is 10.4. The molecule has 0 bridgehead atoms. The molecule has 1 atom stereocenters. The third kappa shape index (κ3) is 3.47. The molecule has 1 aliphatic heterocycles. The minimum Gasteiger partial charge on any atom is -0.501 e. The number of nitrogens with zero attached hydrogens (tertiary/aromatic N) is 2. The Kier molecular flexibility index (Phi) is 6.42. The molecule has 0 amide bonds. The Morgan fingerprint density at radius 3 is 2.45 bits per heavy atom. The van der Waals surface area contributed by atoms with Crippen molar-refractivity contribution in [3.8, 4) is 0 Å². The summed E-state index contributed by atoms with van der Waals surface area (Å²) in [5, 5.41) is 15.7. The summed E-state index contributed by atoms with van der Waals surface area (Å²) in [5.41, 5.74) is 2.05. The summed E-state index contributed by atoms with van der Waals surface area (Å²) in [6, 6.07) is 2.05. The minimum atomic E-state index is -1.26. The van der Waals surface area contributed by atoms with E-state index in [1.165, 1.54) is 10.6 Å². The average Bonchev–Trinajstić information content (AvgIpc) is 2.93. The Labute approximate surface area is 146 Å². The van der Waals surface area contributed by atoms with Gasteiger partial charge in [0.2, 0.25) is 0 Å². The van der Waals surface area contributed by atoms with Gasteiger partial charge in [0.05, 0.1) is 0 Å². The van der Waals surface area contributed by atoms with E-state index in [9.17, 15) is 5.11 Å². The molecule has 127 valence electrons. The largest absolute Gasteiger partial charge is 0.501 e. The molecule has 2 rings (SSSR count). The molecule has 1 radical (unpaired) electrons. The van der Waals surface area contributed by atoms with Crippen LogP contribution in [0.25, 0.3) is 5.70 Å². The average molecular weight is 367 g/mol. The number of aliphatic hydroxyl groups excluding tert-OH is 1. The van der Waals surface area contributed by atoms with E-state index in [2.05, 4.69) is 57.4 Å². The molecule has 0 aliphatic carbocycles. The van der Waals surface area contributed by atoms with Gasteiger partial charge in [-0.25, -0.2) is 4.68 Å². The summed E-state index contributed by atoms with van der Waals surface area (Å²) in [5.74, 6) is 1.07. The van der Waals surface area contributed by atoms with Crippen molar-refractivity contribution in [3.63, 3.8) is 0 Å². The molecule has 0 saturated heterocycles. The summed E-state index contributed by atoms with van der Waals surface area (Å²) < 4.78 is 1.93. The Morgan fingerprint density at radius 1 is 1.27 bits per heavy atom. The van der Waals surface area contributed by atoms with Gasteiger partial charge in [-0.05, 0) is 54.2 Å². The van der Waals surface area contributed by atoms with Gasteiger partial charge in [-0.3, -0.25) is 0 Å². The Hall–Kier alpha value is -0.654. The number of aliphatic hydroxyl groups is 1. The first-order chi connectivity index (χ1) is 9.78. The number of aromatic nitrogens is 2. The van der Waals surface area contributed by atoms with Gasteiger partial charge in [0, 0.05) is 28.7 Å². The minimum absolute atomic E-state index is 0. The van der Waals surface area contributed by atoms with Gasteiger partial charge in [-0.15, -0.1) is 0 Å². The van der Waals surface area contributed by atoms with Crippen molar-refractivity contribution < 1.29 is 21.9 Å². The fourth-order valence-electron chi connectivity index (χ4n) is 2.84. The van der Waals surface area contributed by atoms with Crippen LogP contribution in [0.3, 0.4) is 0 Å². The van der Waals surface area contributed by atoms with E-state index in [0.717, 1.165) is 18.5 Å². The standard InChI is InChI=1S/C17H28N2OS.Co/c1-7-13(4)16-11-15(17(20)21(16,5)6)19-14(8-9-18-19)10-12(2)3;/h8-9,11-13,20H,7,10H2,1-6H3;. The fourth-order valence-corrected chi connectivity index (χ4v) is 5.31. The van der Waals surface area contributed by atoms with E-state index in [0.29, 0.717) is 16.9 Å². The van der Waals surface area contributed by atoms with Crippen molar-refractivity contribution in [1.29, 1.82) is 0 Å². The third-order valence-electron chi connectivity index (χ3n) is 4.24. The van der Waals surface area contributed by atoms with Crippen LogP contribution >= 0.6 is 10.0 Å². The number of rotatable bonds is 5. The van der Waals surface area contributed by atoms with Gasteiger partial charge < -0.3 is 5.11 Å². The topological polar surface area (TPSA) is 38.0 Å². The summed E-state index contributed by atoms with van der Waals surface area (Å²) >= 11 is 0. The first kappa shape index (κ1) is 19.4. The predicted octanol–water partition coefficient (Wildman–Crippen LogP) is 4.77. The van der Waals surface area contributed by atoms with Crippen molar-refractivity contribution in [2.45, 2.75) is 40.5 Å². The molecule has 1 aliphatic rings. The molecule has 0 fully saturated rings. The van der Waals surface area contributed by atoms with Crippen LogP contribution in [0.15, 0.2) is 28.3 Å². The van der Waals surface area contributed by atoms with Crippen LogP contribution in [-0.2, 0) is 23.2 Å². The van der Waals surface area contributed by atoms with Crippen LogP contribution in [0.2, 0.25) is 0 Å². The van der Waals surface area contributed by atoms with Gasteiger partial charge in [-0.1, -0.05) is 27.7 Å². The zero-order valence-corrected chi connectivity index (χ0v) is 16.2. The summed E-state index contributed by atoms with van der Waals surface area (Å²) in [7, 11) is -1.26. The first-order valence-corrected chi connectivity index (χ1v) is 10.2. The monoisotopic (exact) mass is 367 g/mol. The maximum absolute atomic E-state index is 10.8. The summed E-state index contributed by atoms with van der Waals surface area (Å²) in [4.78, 5) is 1.38. The molecular weight excluding hydrogens is 339 g/mol. The fraction of sp³-hybridized carbons (Fsp3) is 0.588. The molecule has 1 aromatic heterocycles. The molecule has 0 aromatic carbocycles. The van der Waals surface area contributed by atoms with Crippen LogP contribution in [0.4, 0.5) is 0 Å². The van der Waals surface area contributed by atoms with Gasteiger partial charge in [0.15, 0.2) is 5.09 Å². The van der Waals surface area contributed by atoms with E-state index in [4.69, 9.17) is 0 Å². The van der Waals surface area contributed by atoms with E-state index >= 15 is 0 Å². The zero-order valence-electron chi connectivity index (χ0n) is 14.4. The maximum atomic E-state index is 10.8. The molecular formula is C17H28CoN2OS. The Morgan fingerprint density at radius 2 is 1.91 bits per heavy atom. The third-order valence-corrected chi connectivity index (χ3v) is 7.11. The van der Waals surface area contributed by atoms with Crippen molar-refractivity contribution in [2.75, 3.05) is 12.5 Å². The molecule has 3 nitrogen and oxygen atoms in total. The van der Waals surface area contributed by atoms with Crippen molar-refractivity contribution in [1.82, 2.24) is 9.78 Å². The number of allylic oxidation sites excluding steroid dienone is 3.